The van der Waals surface area contributed by atoms with Gasteiger partial charge in [-0.15, -0.1) is 0 Å². The Balaban J connectivity index is 2.45. The van der Waals surface area contributed by atoms with E-state index in [4.69, 9.17) is 5.10 Å². The number of unbranched alkanes of at least 4 members (excludes halogenated alkanes) is 3. The SMILES string of the molecule is CCCC[C](CCCC)(CCCC)[Sn][c]1nn(C)c2cc(S(C)(=O)=O)ccc12. The molecule has 0 unspecified atom stereocenters. The first-order valence-electron chi connectivity index (χ1n) is 10.7. The standard InChI is InChI=1S/C13H27.C9H9N2O2S.Sn/c1-4-7-10-13(11-8-5-2)12-9-6-3;1-11-9-5-8(14(2,12)13)4-3-7(9)6-10-11;/h4-12H2,1-3H3;3-5H,1-2H3;. The quantitative estimate of drug-likeness (QED) is 0.376. The topological polar surface area (TPSA) is 52.0 Å². The zero-order valence-electron chi connectivity index (χ0n) is 18.2. The Morgan fingerprint density at radius 1 is 1.00 bits per heavy atom. The summed E-state index contributed by atoms with van der Waals surface area (Å²) in [6.07, 6.45) is 12.9. The van der Waals surface area contributed by atoms with Crippen LogP contribution in [0.1, 0.15) is 78.6 Å². The zero-order chi connectivity index (χ0) is 20.8. The van der Waals surface area contributed by atoms with Gasteiger partial charge in [-0.05, 0) is 0 Å². The van der Waals surface area contributed by atoms with E-state index in [2.05, 4.69) is 20.8 Å². The van der Waals surface area contributed by atoms with Gasteiger partial charge in [-0.3, -0.25) is 0 Å². The molecule has 1 aromatic heterocycles. The Kier molecular flexibility index (Phi) is 8.86. The average Bonchev–Trinajstić information content (AvgIpc) is 2.97. The molecule has 4 nitrogen and oxygen atoms in total. The van der Waals surface area contributed by atoms with Crippen LogP contribution in [0.2, 0.25) is 3.43 Å². The van der Waals surface area contributed by atoms with E-state index in [1.807, 2.05) is 17.8 Å². The van der Waals surface area contributed by atoms with Gasteiger partial charge in [0.15, 0.2) is 0 Å². The molecule has 0 saturated carbocycles. The first kappa shape index (κ1) is 23.7. The summed E-state index contributed by atoms with van der Waals surface area (Å²) in [5, 5.41) is 6.10. The van der Waals surface area contributed by atoms with Gasteiger partial charge in [0, 0.05) is 0 Å². The number of hydrogen-bond donors (Lipinski definition) is 0. The van der Waals surface area contributed by atoms with Gasteiger partial charge < -0.3 is 0 Å². The summed E-state index contributed by atoms with van der Waals surface area (Å²) >= 11 is -0.949. The average molecular weight is 511 g/mol. The van der Waals surface area contributed by atoms with Gasteiger partial charge in [-0.1, -0.05) is 0 Å². The predicted octanol–water partition coefficient (Wildman–Crippen LogP) is 5.04. The van der Waals surface area contributed by atoms with Crippen LogP contribution in [0.5, 0.6) is 0 Å². The fourth-order valence-electron chi connectivity index (χ4n) is 3.92. The molecule has 0 atom stereocenters. The summed E-state index contributed by atoms with van der Waals surface area (Å²) in [6.45, 7) is 6.87. The number of hydrogen-bond acceptors (Lipinski definition) is 3. The molecule has 0 fully saturated rings. The van der Waals surface area contributed by atoms with Crippen molar-refractivity contribution in [3.8, 4) is 0 Å². The van der Waals surface area contributed by atoms with Crippen molar-refractivity contribution in [3.63, 3.8) is 0 Å². The van der Waals surface area contributed by atoms with E-state index < -0.39 is 31.0 Å². The van der Waals surface area contributed by atoms with E-state index >= 15 is 0 Å². The molecule has 0 aliphatic carbocycles. The molecule has 0 aliphatic heterocycles. The number of nitrogens with zero attached hydrogens (tertiary/aromatic N) is 2. The van der Waals surface area contributed by atoms with Crippen LogP contribution in [0.4, 0.5) is 0 Å². The van der Waals surface area contributed by atoms with Crippen LogP contribution in [-0.2, 0) is 16.9 Å². The van der Waals surface area contributed by atoms with Crippen molar-refractivity contribution in [3.05, 3.63) is 18.2 Å². The van der Waals surface area contributed by atoms with Crippen LogP contribution in [0.25, 0.3) is 10.9 Å². The Labute approximate surface area is 181 Å². The molecule has 2 aromatic rings. The fraction of sp³-hybridized carbons (Fsp3) is 0.682. The molecule has 0 saturated heterocycles. The van der Waals surface area contributed by atoms with Crippen LogP contribution in [0.15, 0.2) is 23.1 Å². The molecule has 6 heteroatoms. The summed E-state index contributed by atoms with van der Waals surface area (Å²) < 4.78 is 27.6. The molecule has 1 heterocycles. The number of aromatic nitrogens is 2. The first-order chi connectivity index (χ1) is 13.3. The second-order valence-corrected chi connectivity index (χ2v) is 15.2. The maximum absolute atomic E-state index is 12.0. The summed E-state index contributed by atoms with van der Waals surface area (Å²) in [6, 6.07) is 5.56. The summed E-state index contributed by atoms with van der Waals surface area (Å²) in [4.78, 5) is 0.383. The predicted molar refractivity (Wildman–Crippen MR) is 120 cm³/mol. The minimum absolute atomic E-state index is 0.383. The molecule has 2 radical (unpaired) electrons. The second kappa shape index (κ2) is 10.5. The molecule has 0 N–H and O–H groups in total. The van der Waals surface area contributed by atoms with Crippen molar-refractivity contribution in [2.45, 2.75) is 86.9 Å². The molecule has 156 valence electrons. The molecule has 0 bridgehead atoms. The summed E-state index contributed by atoms with van der Waals surface area (Å²) in [7, 11) is -1.25. The zero-order valence-corrected chi connectivity index (χ0v) is 21.9. The van der Waals surface area contributed by atoms with E-state index in [0.717, 1.165) is 5.52 Å². The van der Waals surface area contributed by atoms with Gasteiger partial charge >= 0.3 is 182 Å². The molecule has 28 heavy (non-hydrogen) atoms. The van der Waals surface area contributed by atoms with Crippen molar-refractivity contribution in [1.82, 2.24) is 9.78 Å². The Morgan fingerprint density at radius 3 is 2.00 bits per heavy atom. The van der Waals surface area contributed by atoms with E-state index in [1.54, 1.807) is 12.1 Å². The van der Waals surface area contributed by atoms with E-state index in [1.165, 1.54) is 73.1 Å². The number of fused-ring (bicyclic) bond motifs is 1. The second-order valence-electron chi connectivity index (χ2n) is 8.14. The monoisotopic (exact) mass is 512 g/mol. The van der Waals surface area contributed by atoms with Gasteiger partial charge in [0.25, 0.3) is 0 Å². The summed E-state index contributed by atoms with van der Waals surface area (Å²) in [5.41, 5.74) is 0.953. The normalized spacial score (nSPS) is 12.8. The minimum atomic E-state index is -3.20. The van der Waals surface area contributed by atoms with Crippen molar-refractivity contribution < 1.29 is 8.42 Å². The maximum atomic E-state index is 12.0. The van der Waals surface area contributed by atoms with Crippen LogP contribution < -0.4 is 3.71 Å². The molecular formula is C22H36N2O2SSn. The van der Waals surface area contributed by atoms with Crippen molar-refractivity contribution in [2.75, 3.05) is 6.26 Å². The van der Waals surface area contributed by atoms with Crippen LogP contribution in [0, 0.1) is 0 Å². The van der Waals surface area contributed by atoms with Gasteiger partial charge in [0.2, 0.25) is 0 Å². The summed E-state index contributed by atoms with van der Waals surface area (Å²) in [5.74, 6) is 0. The molecule has 1 aromatic carbocycles. The van der Waals surface area contributed by atoms with Gasteiger partial charge in [-0.2, -0.15) is 0 Å². The fourth-order valence-corrected chi connectivity index (χ4v) is 10.1. The molecule has 0 aliphatic rings. The Bertz CT molecular complexity index is 852. The third-order valence-corrected chi connectivity index (χ3v) is 12.2. The third kappa shape index (κ3) is 5.97. The third-order valence-electron chi connectivity index (χ3n) is 5.66. The van der Waals surface area contributed by atoms with Crippen molar-refractivity contribution >= 4 is 45.6 Å². The Hall–Kier alpha value is -0.561. The van der Waals surface area contributed by atoms with Gasteiger partial charge in [0.1, 0.15) is 0 Å². The Morgan fingerprint density at radius 2 is 1.54 bits per heavy atom. The first-order valence-corrected chi connectivity index (χ1v) is 15.5. The van der Waals surface area contributed by atoms with Gasteiger partial charge in [0.05, 0.1) is 0 Å². The molecular weight excluding hydrogens is 475 g/mol. The van der Waals surface area contributed by atoms with Crippen LogP contribution in [-0.4, -0.2) is 45.6 Å². The number of benzene rings is 1. The molecule has 0 amide bonds. The molecule has 2 rings (SSSR count). The van der Waals surface area contributed by atoms with Gasteiger partial charge in [-0.25, -0.2) is 0 Å². The molecule has 0 spiro atoms. The van der Waals surface area contributed by atoms with Crippen LogP contribution in [0.3, 0.4) is 0 Å². The van der Waals surface area contributed by atoms with Crippen LogP contribution >= 0.6 is 0 Å². The van der Waals surface area contributed by atoms with Crippen molar-refractivity contribution in [2.24, 2.45) is 7.05 Å². The van der Waals surface area contributed by atoms with E-state index in [0.29, 0.717) is 8.33 Å². The number of rotatable bonds is 12. The van der Waals surface area contributed by atoms with Crippen molar-refractivity contribution in [1.29, 1.82) is 0 Å². The van der Waals surface area contributed by atoms with E-state index in [9.17, 15) is 8.42 Å². The number of aryl methyl sites for hydroxylation is 1. The number of sulfone groups is 1. The van der Waals surface area contributed by atoms with E-state index in [-0.39, 0.29) is 0 Å².